The number of hydrogen-bond acceptors (Lipinski definition) is 4. The first-order chi connectivity index (χ1) is 5.75. The summed E-state index contributed by atoms with van der Waals surface area (Å²) in [7, 11) is 0. The first-order valence-corrected chi connectivity index (χ1v) is 4.13. The van der Waals surface area contributed by atoms with Gasteiger partial charge in [-0.3, -0.25) is 4.90 Å². The molecule has 0 amide bonds. The van der Waals surface area contributed by atoms with Crippen LogP contribution in [-0.4, -0.2) is 29.2 Å². The predicted molar refractivity (Wildman–Crippen MR) is 44.5 cm³/mol. The zero-order chi connectivity index (χ0) is 8.55. The normalized spacial score (nSPS) is 19.5. The first-order valence-electron chi connectivity index (χ1n) is 4.13. The summed E-state index contributed by atoms with van der Waals surface area (Å²) in [6.07, 6.45) is 1.71. The summed E-state index contributed by atoms with van der Waals surface area (Å²) in [5.41, 5.74) is 7.81. The van der Waals surface area contributed by atoms with Crippen molar-refractivity contribution in [3.63, 3.8) is 0 Å². The molecule has 12 heavy (non-hydrogen) atoms. The van der Waals surface area contributed by atoms with Crippen molar-refractivity contribution in [1.29, 1.82) is 0 Å². The van der Waals surface area contributed by atoms with Gasteiger partial charge in [-0.1, -0.05) is 5.16 Å². The van der Waals surface area contributed by atoms with E-state index in [1.165, 1.54) is 5.56 Å². The van der Waals surface area contributed by atoms with Crippen LogP contribution in [0.25, 0.3) is 0 Å². The molecule has 4 nitrogen and oxygen atoms in total. The lowest BCUT2D eigenvalue weighted by molar-refractivity contribution is 0.142. The smallest absolute Gasteiger partial charge is 0.128 e. The van der Waals surface area contributed by atoms with Crippen molar-refractivity contribution in [2.45, 2.75) is 19.5 Å². The molecule has 1 fully saturated rings. The van der Waals surface area contributed by atoms with Crippen molar-refractivity contribution in [3.05, 3.63) is 17.5 Å². The van der Waals surface area contributed by atoms with Gasteiger partial charge in [-0.2, -0.15) is 0 Å². The van der Waals surface area contributed by atoms with E-state index < -0.39 is 0 Å². The van der Waals surface area contributed by atoms with Gasteiger partial charge in [0.05, 0.1) is 5.69 Å². The molecular weight excluding hydrogens is 154 g/mol. The maximum absolute atomic E-state index is 5.66. The molecule has 1 aliphatic heterocycles. The lowest BCUT2D eigenvalue weighted by atomic mass is 10.1. The Morgan fingerprint density at radius 3 is 3.00 bits per heavy atom. The standard InChI is InChI=1S/C8H13N3O/c1-6-7(5-12-10-6)2-11-3-8(9)4-11/h5,8H,2-4,9H2,1H3. The zero-order valence-electron chi connectivity index (χ0n) is 7.16. The van der Waals surface area contributed by atoms with Gasteiger partial charge in [0.2, 0.25) is 0 Å². The van der Waals surface area contributed by atoms with E-state index in [-0.39, 0.29) is 0 Å². The Labute approximate surface area is 71.3 Å². The molecule has 1 saturated heterocycles. The third kappa shape index (κ3) is 1.35. The molecule has 0 unspecified atom stereocenters. The second-order valence-electron chi connectivity index (χ2n) is 3.38. The van der Waals surface area contributed by atoms with Gasteiger partial charge in [0.25, 0.3) is 0 Å². The molecule has 0 atom stereocenters. The van der Waals surface area contributed by atoms with Gasteiger partial charge in [0, 0.05) is 31.2 Å². The van der Waals surface area contributed by atoms with Crippen LogP contribution in [0.5, 0.6) is 0 Å². The number of aromatic nitrogens is 1. The Kier molecular flexibility index (Phi) is 1.86. The monoisotopic (exact) mass is 167 g/mol. The third-order valence-corrected chi connectivity index (χ3v) is 2.23. The number of aryl methyl sites for hydroxylation is 1. The van der Waals surface area contributed by atoms with Gasteiger partial charge in [-0.15, -0.1) is 0 Å². The van der Waals surface area contributed by atoms with Crippen LogP contribution in [0.1, 0.15) is 11.3 Å². The SMILES string of the molecule is Cc1nocc1CN1CC(N)C1. The second-order valence-corrected chi connectivity index (χ2v) is 3.38. The third-order valence-electron chi connectivity index (χ3n) is 2.23. The Morgan fingerprint density at radius 1 is 1.75 bits per heavy atom. The highest BCUT2D eigenvalue weighted by atomic mass is 16.5. The minimum absolute atomic E-state index is 0.366. The molecule has 0 aromatic carbocycles. The Bertz CT molecular complexity index is 265. The van der Waals surface area contributed by atoms with E-state index in [4.69, 9.17) is 10.3 Å². The van der Waals surface area contributed by atoms with Crippen molar-refractivity contribution in [3.8, 4) is 0 Å². The quantitative estimate of drug-likeness (QED) is 0.680. The van der Waals surface area contributed by atoms with E-state index in [1.54, 1.807) is 6.26 Å². The van der Waals surface area contributed by atoms with E-state index in [1.807, 2.05) is 6.92 Å². The van der Waals surface area contributed by atoms with Gasteiger partial charge < -0.3 is 10.3 Å². The Morgan fingerprint density at radius 2 is 2.50 bits per heavy atom. The average Bonchev–Trinajstić information content (AvgIpc) is 2.33. The molecule has 0 spiro atoms. The van der Waals surface area contributed by atoms with Crippen LogP contribution in [-0.2, 0) is 6.54 Å². The van der Waals surface area contributed by atoms with Crippen LogP contribution >= 0.6 is 0 Å². The van der Waals surface area contributed by atoms with Gasteiger partial charge in [-0.25, -0.2) is 0 Å². The molecule has 2 rings (SSSR count). The van der Waals surface area contributed by atoms with E-state index in [2.05, 4.69) is 10.1 Å². The molecule has 1 aliphatic rings. The van der Waals surface area contributed by atoms with E-state index >= 15 is 0 Å². The first kappa shape index (κ1) is 7.76. The van der Waals surface area contributed by atoms with Gasteiger partial charge in [-0.05, 0) is 6.92 Å². The number of rotatable bonds is 2. The fraction of sp³-hybridized carbons (Fsp3) is 0.625. The molecule has 4 heteroatoms. The predicted octanol–water partition coefficient (Wildman–Crippen LogP) is 0.126. The lowest BCUT2D eigenvalue weighted by Crippen LogP contribution is -2.54. The summed E-state index contributed by atoms with van der Waals surface area (Å²) >= 11 is 0. The lowest BCUT2D eigenvalue weighted by Gasteiger charge is -2.36. The minimum atomic E-state index is 0.366. The van der Waals surface area contributed by atoms with Crippen LogP contribution in [0, 0.1) is 6.92 Å². The van der Waals surface area contributed by atoms with Crippen molar-refractivity contribution < 1.29 is 4.52 Å². The highest BCUT2D eigenvalue weighted by molar-refractivity contribution is 5.12. The Balaban J connectivity index is 1.92. The average molecular weight is 167 g/mol. The molecule has 1 aromatic rings. The van der Waals surface area contributed by atoms with Crippen molar-refractivity contribution in [2.24, 2.45) is 5.73 Å². The molecule has 1 aromatic heterocycles. The van der Waals surface area contributed by atoms with Gasteiger partial charge in [0.15, 0.2) is 0 Å². The number of nitrogens with two attached hydrogens (primary N) is 1. The van der Waals surface area contributed by atoms with Crippen LogP contribution in [0.15, 0.2) is 10.8 Å². The maximum atomic E-state index is 5.66. The minimum Gasteiger partial charge on any atom is -0.364 e. The van der Waals surface area contributed by atoms with E-state index in [0.29, 0.717) is 6.04 Å². The summed E-state index contributed by atoms with van der Waals surface area (Å²) in [4.78, 5) is 2.28. The van der Waals surface area contributed by atoms with Crippen molar-refractivity contribution in [2.75, 3.05) is 13.1 Å². The molecular formula is C8H13N3O. The maximum Gasteiger partial charge on any atom is 0.128 e. The van der Waals surface area contributed by atoms with Gasteiger partial charge in [0.1, 0.15) is 6.26 Å². The molecule has 0 radical (unpaired) electrons. The summed E-state index contributed by atoms with van der Waals surface area (Å²) in [6, 6.07) is 0.366. The van der Waals surface area contributed by atoms with Crippen LogP contribution in [0.4, 0.5) is 0 Å². The molecule has 0 aliphatic carbocycles. The summed E-state index contributed by atoms with van der Waals surface area (Å²) in [5, 5.41) is 3.81. The summed E-state index contributed by atoms with van der Waals surface area (Å²) < 4.78 is 4.83. The second kappa shape index (κ2) is 2.88. The van der Waals surface area contributed by atoms with Crippen LogP contribution in [0.2, 0.25) is 0 Å². The number of nitrogens with zero attached hydrogens (tertiary/aromatic N) is 2. The number of likely N-dealkylation sites (tertiary alicyclic amines) is 1. The molecule has 2 N–H and O–H groups in total. The summed E-state index contributed by atoms with van der Waals surface area (Å²) in [6.45, 7) is 4.86. The molecule has 2 heterocycles. The fourth-order valence-electron chi connectivity index (χ4n) is 1.44. The summed E-state index contributed by atoms with van der Waals surface area (Å²) in [5.74, 6) is 0. The molecule has 0 saturated carbocycles. The number of hydrogen-bond donors (Lipinski definition) is 1. The topological polar surface area (TPSA) is 55.3 Å². The van der Waals surface area contributed by atoms with Gasteiger partial charge >= 0.3 is 0 Å². The molecule has 0 bridgehead atoms. The largest absolute Gasteiger partial charge is 0.364 e. The van der Waals surface area contributed by atoms with E-state index in [9.17, 15) is 0 Å². The fourth-order valence-corrected chi connectivity index (χ4v) is 1.44. The highest BCUT2D eigenvalue weighted by Crippen LogP contribution is 2.13. The van der Waals surface area contributed by atoms with Crippen LogP contribution < -0.4 is 5.73 Å². The highest BCUT2D eigenvalue weighted by Gasteiger charge is 2.23. The molecule has 66 valence electrons. The van der Waals surface area contributed by atoms with E-state index in [0.717, 1.165) is 25.3 Å². The van der Waals surface area contributed by atoms with Crippen molar-refractivity contribution in [1.82, 2.24) is 10.1 Å². The van der Waals surface area contributed by atoms with Crippen molar-refractivity contribution >= 4 is 0 Å². The zero-order valence-corrected chi connectivity index (χ0v) is 7.16. The Hall–Kier alpha value is -0.870. The van der Waals surface area contributed by atoms with Crippen LogP contribution in [0.3, 0.4) is 0 Å².